The van der Waals surface area contributed by atoms with Gasteiger partial charge in [0.2, 0.25) is 0 Å². The third-order valence-electron chi connectivity index (χ3n) is 2.37. The molecule has 1 aromatic carbocycles. The number of nitrogens with one attached hydrogen (secondary N) is 1. The predicted octanol–water partition coefficient (Wildman–Crippen LogP) is 0.974. The van der Waals surface area contributed by atoms with Crippen molar-refractivity contribution in [2.45, 2.75) is 13.0 Å². The van der Waals surface area contributed by atoms with Gasteiger partial charge in [-0.15, -0.1) is 0 Å². The van der Waals surface area contributed by atoms with Crippen LogP contribution in [0.25, 0.3) is 0 Å². The van der Waals surface area contributed by atoms with Crippen LogP contribution in [0.4, 0.5) is 10.1 Å². The van der Waals surface area contributed by atoms with Crippen LogP contribution in [0, 0.1) is 5.82 Å². The van der Waals surface area contributed by atoms with Crippen LogP contribution >= 0.6 is 0 Å². The number of anilines is 1. The molecule has 18 heavy (non-hydrogen) atoms. The summed E-state index contributed by atoms with van der Waals surface area (Å²) in [7, 11) is 1.17. The molecule has 0 spiro atoms. The fourth-order valence-electron chi connectivity index (χ4n) is 1.36. The van der Waals surface area contributed by atoms with Gasteiger partial charge in [-0.2, -0.15) is 0 Å². The lowest BCUT2D eigenvalue weighted by Crippen LogP contribution is -2.34. The molecule has 0 aromatic heterocycles. The molecule has 0 aliphatic rings. The minimum Gasteiger partial charge on any atom is -0.467 e. The minimum atomic E-state index is -1.05. The van der Waals surface area contributed by atoms with E-state index in [-0.39, 0.29) is 17.0 Å². The molecule has 98 valence electrons. The van der Waals surface area contributed by atoms with Gasteiger partial charge in [0.25, 0.3) is 0 Å². The summed E-state index contributed by atoms with van der Waals surface area (Å²) in [6.45, 7) is 0.799. The molecule has 0 radical (unpaired) electrons. The summed E-state index contributed by atoms with van der Waals surface area (Å²) >= 11 is 0. The molecule has 0 heterocycles. The van der Waals surface area contributed by atoms with Crippen LogP contribution in [0.2, 0.25) is 0 Å². The Morgan fingerprint density at radius 2 is 2.17 bits per heavy atom. The summed E-state index contributed by atoms with van der Waals surface area (Å²) in [5, 5.41) is 11.5. The van der Waals surface area contributed by atoms with Gasteiger partial charge in [0.1, 0.15) is 11.9 Å². The summed E-state index contributed by atoms with van der Waals surface area (Å²) in [6, 6.07) is 2.78. The van der Waals surface area contributed by atoms with E-state index < -0.39 is 24.4 Å². The van der Waals surface area contributed by atoms with Crippen molar-refractivity contribution in [3.05, 3.63) is 29.6 Å². The Hall–Kier alpha value is -1.95. The fourth-order valence-corrected chi connectivity index (χ4v) is 1.36. The smallest absolute Gasteiger partial charge is 0.330 e. The number of aliphatic hydroxyl groups excluding tert-OH is 1. The second-order valence-electron chi connectivity index (χ2n) is 3.65. The Bertz CT molecular complexity index is 461. The van der Waals surface area contributed by atoms with E-state index in [1.807, 2.05) is 0 Å². The summed E-state index contributed by atoms with van der Waals surface area (Å²) in [4.78, 5) is 22.3. The molecule has 1 atom stereocenters. The van der Waals surface area contributed by atoms with E-state index in [1.54, 1.807) is 0 Å². The van der Waals surface area contributed by atoms with Gasteiger partial charge in [-0.25, -0.2) is 9.18 Å². The summed E-state index contributed by atoms with van der Waals surface area (Å²) in [5.74, 6) is -1.63. The molecule has 1 aromatic rings. The van der Waals surface area contributed by atoms with Gasteiger partial charge >= 0.3 is 5.97 Å². The van der Waals surface area contributed by atoms with Gasteiger partial charge < -0.3 is 15.2 Å². The molecule has 0 fully saturated rings. The Balaban J connectivity index is 2.90. The number of hydrogen-bond donors (Lipinski definition) is 2. The Labute approximate surface area is 104 Å². The maximum atomic E-state index is 13.6. The minimum absolute atomic E-state index is 0.0180. The highest BCUT2D eigenvalue weighted by Crippen LogP contribution is 2.17. The second-order valence-corrected chi connectivity index (χ2v) is 3.65. The Kier molecular flexibility index (Phi) is 4.79. The maximum Gasteiger partial charge on any atom is 0.330 e. The van der Waals surface area contributed by atoms with Crippen molar-refractivity contribution in [2.75, 3.05) is 19.0 Å². The lowest BCUT2D eigenvalue weighted by Gasteiger charge is -2.15. The average Bonchev–Trinajstić information content (AvgIpc) is 2.36. The highest BCUT2D eigenvalue weighted by Gasteiger charge is 2.19. The second kappa shape index (κ2) is 6.11. The van der Waals surface area contributed by atoms with Gasteiger partial charge in [-0.3, -0.25) is 4.79 Å². The number of rotatable bonds is 5. The number of benzene rings is 1. The van der Waals surface area contributed by atoms with Crippen molar-refractivity contribution in [1.82, 2.24) is 0 Å². The molecular formula is C12H14FNO4. The fraction of sp³-hybridized carbons (Fsp3) is 0.333. The zero-order chi connectivity index (χ0) is 13.7. The number of methoxy groups -OCH3 is 1. The Morgan fingerprint density at radius 3 is 2.61 bits per heavy atom. The quantitative estimate of drug-likeness (QED) is 0.605. The van der Waals surface area contributed by atoms with Crippen molar-refractivity contribution >= 4 is 17.4 Å². The van der Waals surface area contributed by atoms with Crippen LogP contribution < -0.4 is 5.32 Å². The molecule has 2 N–H and O–H groups in total. The third-order valence-corrected chi connectivity index (χ3v) is 2.37. The van der Waals surface area contributed by atoms with Crippen molar-refractivity contribution in [2.24, 2.45) is 0 Å². The van der Waals surface area contributed by atoms with Crippen LogP contribution in [0.3, 0.4) is 0 Å². The van der Waals surface area contributed by atoms with Gasteiger partial charge in [0, 0.05) is 5.56 Å². The molecule has 1 rings (SSSR count). The molecule has 6 heteroatoms. The highest BCUT2D eigenvalue weighted by atomic mass is 19.1. The van der Waals surface area contributed by atoms with E-state index in [2.05, 4.69) is 10.1 Å². The first-order chi connectivity index (χ1) is 8.49. The van der Waals surface area contributed by atoms with Gasteiger partial charge in [0.05, 0.1) is 19.4 Å². The SMILES string of the molecule is COC(=O)C(CO)Nc1ccc(C(C)=O)cc1F. The number of hydrogen-bond acceptors (Lipinski definition) is 5. The maximum absolute atomic E-state index is 13.6. The van der Waals surface area contributed by atoms with Gasteiger partial charge in [-0.1, -0.05) is 0 Å². The normalized spacial score (nSPS) is 11.8. The van der Waals surface area contributed by atoms with Crippen molar-refractivity contribution in [3.63, 3.8) is 0 Å². The number of esters is 1. The lowest BCUT2D eigenvalue weighted by molar-refractivity contribution is -0.142. The van der Waals surface area contributed by atoms with Crippen LogP contribution in [0.15, 0.2) is 18.2 Å². The standard InChI is InChI=1S/C12H14FNO4/c1-7(16)8-3-4-10(9(13)5-8)14-11(6-15)12(17)18-2/h3-5,11,14-15H,6H2,1-2H3. The first-order valence-corrected chi connectivity index (χ1v) is 5.25. The number of Topliss-reactive ketones (excluding diaryl/α,β-unsaturated/α-hetero) is 1. The molecule has 0 saturated heterocycles. The van der Waals surface area contributed by atoms with Crippen molar-refractivity contribution in [1.29, 1.82) is 0 Å². The van der Waals surface area contributed by atoms with Crippen LogP contribution in [-0.4, -0.2) is 36.6 Å². The predicted molar refractivity (Wildman–Crippen MR) is 62.9 cm³/mol. The van der Waals surface area contributed by atoms with E-state index in [9.17, 15) is 14.0 Å². The zero-order valence-corrected chi connectivity index (χ0v) is 10.1. The summed E-state index contributed by atoms with van der Waals surface area (Å²) in [6.07, 6.45) is 0. The van der Waals surface area contributed by atoms with E-state index in [4.69, 9.17) is 5.11 Å². The number of aliphatic hydroxyl groups is 1. The Morgan fingerprint density at radius 1 is 1.50 bits per heavy atom. The molecule has 0 saturated carbocycles. The topological polar surface area (TPSA) is 75.6 Å². The number of carbonyl (C=O) groups is 2. The molecule has 5 nitrogen and oxygen atoms in total. The van der Waals surface area contributed by atoms with E-state index in [1.165, 1.54) is 26.2 Å². The third kappa shape index (κ3) is 3.27. The summed E-state index contributed by atoms with van der Waals surface area (Å²) in [5.41, 5.74) is 0.251. The molecule has 1 unspecified atom stereocenters. The average molecular weight is 255 g/mol. The van der Waals surface area contributed by atoms with Gasteiger partial charge in [-0.05, 0) is 25.1 Å². The van der Waals surface area contributed by atoms with E-state index >= 15 is 0 Å². The molecule has 0 aliphatic heterocycles. The first kappa shape index (κ1) is 14.1. The largest absolute Gasteiger partial charge is 0.467 e. The van der Waals surface area contributed by atoms with Crippen molar-refractivity contribution in [3.8, 4) is 0 Å². The number of ether oxygens (including phenoxy) is 1. The van der Waals surface area contributed by atoms with Crippen LogP contribution in [-0.2, 0) is 9.53 Å². The molecular weight excluding hydrogens is 241 g/mol. The number of halogens is 1. The number of ketones is 1. The first-order valence-electron chi connectivity index (χ1n) is 5.25. The van der Waals surface area contributed by atoms with E-state index in [0.29, 0.717) is 0 Å². The zero-order valence-electron chi connectivity index (χ0n) is 10.1. The van der Waals surface area contributed by atoms with Crippen LogP contribution in [0.5, 0.6) is 0 Å². The number of carbonyl (C=O) groups excluding carboxylic acids is 2. The van der Waals surface area contributed by atoms with Gasteiger partial charge in [0.15, 0.2) is 5.78 Å². The van der Waals surface area contributed by atoms with Crippen molar-refractivity contribution < 1.29 is 23.8 Å². The van der Waals surface area contributed by atoms with E-state index in [0.717, 1.165) is 6.07 Å². The molecule has 0 amide bonds. The molecule has 0 bridgehead atoms. The summed E-state index contributed by atoms with van der Waals surface area (Å²) < 4.78 is 18.1. The lowest BCUT2D eigenvalue weighted by atomic mass is 10.1. The molecule has 0 aliphatic carbocycles. The highest BCUT2D eigenvalue weighted by molar-refractivity contribution is 5.94. The monoisotopic (exact) mass is 255 g/mol. The van der Waals surface area contributed by atoms with Crippen LogP contribution in [0.1, 0.15) is 17.3 Å².